The van der Waals surface area contributed by atoms with Crippen LogP contribution in [0.1, 0.15) is 5.56 Å². The van der Waals surface area contributed by atoms with Gasteiger partial charge in [-0.15, -0.1) is 4.98 Å². The lowest BCUT2D eigenvalue weighted by Gasteiger charge is -2.01. The summed E-state index contributed by atoms with van der Waals surface area (Å²) in [7, 11) is 0. The fourth-order valence-electron chi connectivity index (χ4n) is 1.48. The first-order valence-corrected chi connectivity index (χ1v) is 4.82. The van der Waals surface area contributed by atoms with Crippen molar-refractivity contribution in [1.82, 2.24) is 4.98 Å². The Morgan fingerprint density at radius 1 is 1.12 bits per heavy atom. The lowest BCUT2D eigenvalue weighted by atomic mass is 10.1. The first-order valence-electron chi connectivity index (χ1n) is 4.82. The van der Waals surface area contributed by atoms with Crippen molar-refractivity contribution in [1.29, 1.82) is 0 Å². The average Bonchev–Trinajstić information content (AvgIpc) is 2.31. The van der Waals surface area contributed by atoms with Crippen molar-refractivity contribution in [3.63, 3.8) is 0 Å². The third-order valence-electron chi connectivity index (χ3n) is 2.31. The maximum Gasteiger partial charge on any atom is 0.270 e. The second-order valence-electron chi connectivity index (χ2n) is 3.45. The normalized spacial score (nSPS) is 9.81. The second kappa shape index (κ2) is 4.11. The molecular formula is C13H9FN2. The summed E-state index contributed by atoms with van der Waals surface area (Å²) in [6.07, 6.45) is 0. The summed E-state index contributed by atoms with van der Waals surface area (Å²) in [6, 6.07) is 9.63. The van der Waals surface area contributed by atoms with Gasteiger partial charge >= 0.3 is 0 Å². The van der Waals surface area contributed by atoms with Gasteiger partial charge in [-0.05, 0) is 42.8 Å². The molecule has 2 nitrogen and oxygen atoms in total. The molecule has 0 bridgehead atoms. The van der Waals surface area contributed by atoms with Gasteiger partial charge in [0.05, 0.1) is 0 Å². The van der Waals surface area contributed by atoms with E-state index in [-0.39, 0.29) is 5.82 Å². The summed E-state index contributed by atoms with van der Waals surface area (Å²) < 4.78 is 12.8. The Morgan fingerprint density at radius 2 is 1.81 bits per heavy atom. The number of hydrogen-bond donors (Lipinski definition) is 0. The van der Waals surface area contributed by atoms with Gasteiger partial charge in [-0.25, -0.2) is 4.39 Å². The number of halogens is 1. The highest BCUT2D eigenvalue weighted by molar-refractivity contribution is 5.65. The third-order valence-corrected chi connectivity index (χ3v) is 2.31. The highest BCUT2D eigenvalue weighted by atomic mass is 19.1. The van der Waals surface area contributed by atoms with Crippen molar-refractivity contribution < 1.29 is 4.39 Å². The Balaban J connectivity index is 2.55. The van der Waals surface area contributed by atoms with E-state index in [1.807, 2.05) is 13.0 Å². The van der Waals surface area contributed by atoms with Crippen LogP contribution in [0.15, 0.2) is 36.4 Å². The Labute approximate surface area is 93.2 Å². The second-order valence-corrected chi connectivity index (χ2v) is 3.45. The number of rotatable bonds is 1. The standard InChI is InChI=1S/C13H9FN2/c1-9-3-8-12(15-2)16-13(9)10-4-6-11(14)7-5-10/h3-8H,1H3. The largest absolute Gasteiger partial charge is 0.361 e. The Bertz CT molecular complexity index is 553. The zero-order valence-corrected chi connectivity index (χ0v) is 8.74. The number of aryl methyl sites for hydroxylation is 1. The molecule has 0 amide bonds. The van der Waals surface area contributed by atoms with Gasteiger partial charge in [-0.2, -0.15) is 0 Å². The van der Waals surface area contributed by atoms with E-state index >= 15 is 0 Å². The van der Waals surface area contributed by atoms with Crippen molar-refractivity contribution in [2.75, 3.05) is 0 Å². The lowest BCUT2D eigenvalue weighted by molar-refractivity contribution is 0.628. The van der Waals surface area contributed by atoms with Gasteiger partial charge in [0.25, 0.3) is 5.82 Å². The van der Waals surface area contributed by atoms with Crippen molar-refractivity contribution in [2.45, 2.75) is 6.92 Å². The van der Waals surface area contributed by atoms with Crippen LogP contribution < -0.4 is 0 Å². The van der Waals surface area contributed by atoms with Crippen LogP contribution in [0.2, 0.25) is 0 Å². The summed E-state index contributed by atoms with van der Waals surface area (Å²) in [4.78, 5) is 7.49. The predicted octanol–water partition coefficient (Wildman–Crippen LogP) is 3.75. The number of aromatic nitrogens is 1. The zero-order chi connectivity index (χ0) is 11.5. The number of benzene rings is 1. The van der Waals surface area contributed by atoms with Crippen LogP contribution in [-0.2, 0) is 0 Å². The molecule has 0 fully saturated rings. The summed E-state index contributed by atoms with van der Waals surface area (Å²) in [5.74, 6) is 0.0765. The van der Waals surface area contributed by atoms with Crippen LogP contribution in [0.5, 0.6) is 0 Å². The van der Waals surface area contributed by atoms with Crippen LogP contribution in [-0.4, -0.2) is 4.98 Å². The maximum absolute atomic E-state index is 12.8. The lowest BCUT2D eigenvalue weighted by Crippen LogP contribution is -1.88. The Kier molecular flexibility index (Phi) is 2.65. The molecule has 78 valence electrons. The summed E-state index contributed by atoms with van der Waals surface area (Å²) in [5, 5.41) is 0. The number of nitrogens with zero attached hydrogens (tertiary/aromatic N) is 2. The van der Waals surface area contributed by atoms with Crippen LogP contribution >= 0.6 is 0 Å². The molecule has 3 heteroatoms. The van der Waals surface area contributed by atoms with E-state index in [2.05, 4.69) is 9.83 Å². The quantitative estimate of drug-likeness (QED) is 0.658. The maximum atomic E-state index is 12.8. The molecule has 0 spiro atoms. The molecule has 16 heavy (non-hydrogen) atoms. The molecule has 0 saturated carbocycles. The molecule has 0 N–H and O–H groups in total. The van der Waals surface area contributed by atoms with Crippen molar-refractivity contribution >= 4 is 5.82 Å². The molecule has 2 aromatic rings. The molecule has 0 unspecified atom stereocenters. The first-order chi connectivity index (χ1) is 7.70. The predicted molar refractivity (Wildman–Crippen MR) is 60.6 cm³/mol. The minimum atomic E-state index is -0.275. The molecule has 1 heterocycles. The monoisotopic (exact) mass is 212 g/mol. The van der Waals surface area contributed by atoms with Gasteiger partial charge < -0.3 is 4.85 Å². The van der Waals surface area contributed by atoms with Crippen molar-refractivity contribution in [3.8, 4) is 11.3 Å². The van der Waals surface area contributed by atoms with E-state index in [0.29, 0.717) is 5.82 Å². The van der Waals surface area contributed by atoms with Crippen molar-refractivity contribution in [2.24, 2.45) is 0 Å². The third kappa shape index (κ3) is 1.91. The SMILES string of the molecule is [C-]#[N+]c1ccc(C)c(-c2ccc(F)cc2)n1. The zero-order valence-electron chi connectivity index (χ0n) is 8.74. The molecule has 1 aromatic heterocycles. The molecule has 0 aliphatic rings. The summed E-state index contributed by atoms with van der Waals surface area (Å²) >= 11 is 0. The fourth-order valence-corrected chi connectivity index (χ4v) is 1.48. The Hall–Kier alpha value is -2.21. The van der Waals surface area contributed by atoms with Crippen LogP contribution in [0.4, 0.5) is 10.2 Å². The van der Waals surface area contributed by atoms with E-state index in [0.717, 1.165) is 16.8 Å². The fraction of sp³-hybridized carbons (Fsp3) is 0.0769. The smallest absolute Gasteiger partial charge is 0.270 e. The highest BCUT2D eigenvalue weighted by Gasteiger charge is 2.08. The highest BCUT2D eigenvalue weighted by Crippen LogP contribution is 2.24. The van der Waals surface area contributed by atoms with E-state index in [1.165, 1.54) is 12.1 Å². The van der Waals surface area contributed by atoms with E-state index < -0.39 is 0 Å². The van der Waals surface area contributed by atoms with Crippen LogP contribution in [0.25, 0.3) is 16.1 Å². The van der Waals surface area contributed by atoms with Gasteiger partial charge in [-0.3, -0.25) is 0 Å². The molecule has 1 aromatic carbocycles. The molecule has 0 aliphatic heterocycles. The van der Waals surface area contributed by atoms with E-state index in [9.17, 15) is 4.39 Å². The van der Waals surface area contributed by atoms with Gasteiger partial charge in [-0.1, -0.05) is 12.6 Å². The molecule has 0 saturated heterocycles. The molecule has 0 atom stereocenters. The molecular weight excluding hydrogens is 203 g/mol. The first kappa shape index (κ1) is 10.3. The number of pyridine rings is 1. The van der Waals surface area contributed by atoms with E-state index in [1.54, 1.807) is 18.2 Å². The minimum absolute atomic E-state index is 0.275. The summed E-state index contributed by atoms with van der Waals surface area (Å²) in [6.45, 7) is 8.83. The Morgan fingerprint density at radius 3 is 2.44 bits per heavy atom. The van der Waals surface area contributed by atoms with Gasteiger partial charge in [0.2, 0.25) is 0 Å². The van der Waals surface area contributed by atoms with Gasteiger partial charge in [0.15, 0.2) is 5.69 Å². The van der Waals surface area contributed by atoms with Gasteiger partial charge in [0, 0.05) is 5.56 Å². The molecule has 2 rings (SSSR count). The van der Waals surface area contributed by atoms with Gasteiger partial charge in [0.1, 0.15) is 5.82 Å². The topological polar surface area (TPSA) is 17.2 Å². The molecule has 0 aliphatic carbocycles. The summed E-state index contributed by atoms with van der Waals surface area (Å²) in [5.41, 5.74) is 2.52. The average molecular weight is 212 g/mol. The number of hydrogen-bond acceptors (Lipinski definition) is 1. The molecule has 0 radical (unpaired) electrons. The van der Waals surface area contributed by atoms with Crippen LogP contribution in [0, 0.1) is 19.3 Å². The minimum Gasteiger partial charge on any atom is -0.361 e. The van der Waals surface area contributed by atoms with E-state index in [4.69, 9.17) is 6.57 Å². The van der Waals surface area contributed by atoms with Crippen LogP contribution in [0.3, 0.4) is 0 Å². The van der Waals surface area contributed by atoms with Crippen molar-refractivity contribution in [3.05, 3.63) is 59.2 Å².